The molecule has 0 bridgehead atoms. The molecule has 1 aromatic heterocycles. The molecule has 3 rings (SSSR count). The Bertz CT molecular complexity index is 646. The molecule has 2 saturated heterocycles. The van der Waals surface area contributed by atoms with E-state index >= 15 is 0 Å². The molecular formula is C18H27N3O3. The fraction of sp³-hybridized carbons (Fsp3) is 0.722. The number of carbonyl (C=O) groups is 2. The molecule has 0 radical (unpaired) electrons. The van der Waals surface area contributed by atoms with Crippen molar-refractivity contribution in [2.24, 2.45) is 10.8 Å². The Morgan fingerprint density at radius 1 is 1.33 bits per heavy atom. The number of aromatic nitrogens is 1. The van der Waals surface area contributed by atoms with Crippen LogP contribution in [0.3, 0.4) is 0 Å². The van der Waals surface area contributed by atoms with Crippen LogP contribution in [0.5, 0.6) is 0 Å². The van der Waals surface area contributed by atoms with Gasteiger partial charge in [0.1, 0.15) is 5.76 Å². The lowest BCUT2D eigenvalue weighted by Gasteiger charge is -2.41. The SMILES string of the molecule is Cc1ocnc1C(=O)N1CCC2(CCCN(CC(C)(C)C)C2=O)C1. The Morgan fingerprint density at radius 2 is 2.08 bits per heavy atom. The van der Waals surface area contributed by atoms with Gasteiger partial charge < -0.3 is 14.2 Å². The first-order chi connectivity index (χ1) is 11.2. The number of aryl methyl sites for hydroxylation is 1. The van der Waals surface area contributed by atoms with Crippen molar-refractivity contribution < 1.29 is 14.0 Å². The summed E-state index contributed by atoms with van der Waals surface area (Å²) in [7, 11) is 0. The van der Waals surface area contributed by atoms with E-state index in [0.717, 1.165) is 32.4 Å². The zero-order valence-corrected chi connectivity index (χ0v) is 15.1. The molecule has 6 heteroatoms. The van der Waals surface area contributed by atoms with Crippen LogP contribution in [0.2, 0.25) is 0 Å². The van der Waals surface area contributed by atoms with E-state index in [1.165, 1.54) is 6.39 Å². The van der Waals surface area contributed by atoms with Crippen LogP contribution in [-0.2, 0) is 4.79 Å². The second-order valence-electron chi connectivity index (χ2n) is 8.41. The summed E-state index contributed by atoms with van der Waals surface area (Å²) in [5.41, 5.74) is 0.0403. The molecule has 2 aliphatic rings. The van der Waals surface area contributed by atoms with Gasteiger partial charge in [0.25, 0.3) is 5.91 Å². The second kappa shape index (κ2) is 5.90. The van der Waals surface area contributed by atoms with E-state index < -0.39 is 5.41 Å². The molecule has 132 valence electrons. The molecule has 0 N–H and O–H groups in total. The highest BCUT2D eigenvalue weighted by atomic mass is 16.3. The smallest absolute Gasteiger partial charge is 0.276 e. The average molecular weight is 333 g/mol. The van der Waals surface area contributed by atoms with Crippen LogP contribution < -0.4 is 0 Å². The van der Waals surface area contributed by atoms with Gasteiger partial charge in [-0.3, -0.25) is 9.59 Å². The minimum absolute atomic E-state index is 0.0835. The molecule has 24 heavy (non-hydrogen) atoms. The van der Waals surface area contributed by atoms with Crippen molar-refractivity contribution in [1.82, 2.24) is 14.8 Å². The maximum atomic E-state index is 13.1. The fourth-order valence-corrected chi connectivity index (χ4v) is 3.96. The molecule has 3 heterocycles. The lowest BCUT2D eigenvalue weighted by molar-refractivity contribution is -0.146. The summed E-state index contributed by atoms with van der Waals surface area (Å²) in [4.78, 5) is 33.5. The maximum Gasteiger partial charge on any atom is 0.276 e. The summed E-state index contributed by atoms with van der Waals surface area (Å²) >= 11 is 0. The van der Waals surface area contributed by atoms with Gasteiger partial charge in [0.15, 0.2) is 12.1 Å². The van der Waals surface area contributed by atoms with Gasteiger partial charge in [-0.05, 0) is 31.6 Å². The Balaban J connectivity index is 1.74. The summed E-state index contributed by atoms with van der Waals surface area (Å²) in [5.74, 6) is 0.625. The average Bonchev–Trinajstić information content (AvgIpc) is 3.10. The quantitative estimate of drug-likeness (QED) is 0.834. The summed E-state index contributed by atoms with van der Waals surface area (Å²) in [6.45, 7) is 10.9. The predicted octanol–water partition coefficient (Wildman–Crippen LogP) is 2.48. The van der Waals surface area contributed by atoms with Crippen LogP contribution in [0.4, 0.5) is 0 Å². The number of rotatable bonds is 2. The molecular weight excluding hydrogens is 306 g/mol. The number of nitrogens with zero attached hydrogens (tertiary/aromatic N) is 3. The van der Waals surface area contributed by atoms with Crippen molar-refractivity contribution in [1.29, 1.82) is 0 Å². The topological polar surface area (TPSA) is 66.7 Å². The van der Waals surface area contributed by atoms with Gasteiger partial charge in [-0.15, -0.1) is 0 Å². The first-order valence-electron chi connectivity index (χ1n) is 8.71. The zero-order valence-electron chi connectivity index (χ0n) is 15.1. The van der Waals surface area contributed by atoms with E-state index in [1.807, 2.05) is 4.90 Å². The Labute approximate surface area is 143 Å². The minimum Gasteiger partial charge on any atom is -0.448 e. The maximum absolute atomic E-state index is 13.1. The second-order valence-corrected chi connectivity index (χ2v) is 8.41. The molecule has 1 aromatic rings. The van der Waals surface area contributed by atoms with Crippen molar-refractivity contribution >= 4 is 11.8 Å². The lowest BCUT2D eigenvalue weighted by atomic mass is 9.77. The van der Waals surface area contributed by atoms with Gasteiger partial charge >= 0.3 is 0 Å². The zero-order chi connectivity index (χ0) is 17.5. The normalized spacial score (nSPS) is 24.9. The molecule has 6 nitrogen and oxygen atoms in total. The largest absolute Gasteiger partial charge is 0.448 e. The third-order valence-electron chi connectivity index (χ3n) is 5.08. The molecule has 2 amide bonds. The minimum atomic E-state index is -0.406. The monoisotopic (exact) mass is 333 g/mol. The third kappa shape index (κ3) is 3.06. The van der Waals surface area contributed by atoms with Crippen LogP contribution >= 0.6 is 0 Å². The molecule has 1 atom stereocenters. The van der Waals surface area contributed by atoms with Crippen molar-refractivity contribution in [3.63, 3.8) is 0 Å². The van der Waals surface area contributed by atoms with E-state index in [2.05, 4.69) is 25.8 Å². The van der Waals surface area contributed by atoms with E-state index in [0.29, 0.717) is 24.5 Å². The molecule has 2 fully saturated rings. The van der Waals surface area contributed by atoms with E-state index in [9.17, 15) is 9.59 Å². The van der Waals surface area contributed by atoms with Crippen LogP contribution in [0.15, 0.2) is 10.8 Å². The van der Waals surface area contributed by atoms with E-state index in [4.69, 9.17) is 4.42 Å². The van der Waals surface area contributed by atoms with E-state index in [1.54, 1.807) is 11.8 Å². The van der Waals surface area contributed by atoms with Crippen molar-refractivity contribution in [3.8, 4) is 0 Å². The molecule has 0 aliphatic carbocycles. The summed E-state index contributed by atoms with van der Waals surface area (Å²) < 4.78 is 5.14. The molecule has 0 saturated carbocycles. The number of oxazole rings is 1. The summed E-state index contributed by atoms with van der Waals surface area (Å²) in [5, 5.41) is 0. The highest BCUT2D eigenvalue weighted by Crippen LogP contribution is 2.41. The van der Waals surface area contributed by atoms with Crippen molar-refractivity contribution in [3.05, 3.63) is 17.8 Å². The number of piperidine rings is 1. The number of hydrogen-bond acceptors (Lipinski definition) is 4. The number of carbonyl (C=O) groups excluding carboxylic acids is 2. The first-order valence-corrected chi connectivity index (χ1v) is 8.71. The van der Waals surface area contributed by atoms with E-state index in [-0.39, 0.29) is 17.2 Å². The van der Waals surface area contributed by atoms with Gasteiger partial charge in [-0.2, -0.15) is 0 Å². The van der Waals surface area contributed by atoms with Gasteiger partial charge in [0.2, 0.25) is 5.91 Å². The van der Waals surface area contributed by atoms with Gasteiger partial charge in [0.05, 0.1) is 5.41 Å². The Hall–Kier alpha value is -1.85. The molecule has 0 aromatic carbocycles. The molecule has 1 spiro atoms. The summed E-state index contributed by atoms with van der Waals surface area (Å²) in [6.07, 6.45) is 3.92. The van der Waals surface area contributed by atoms with Crippen LogP contribution in [0.25, 0.3) is 0 Å². The predicted molar refractivity (Wildman–Crippen MR) is 89.5 cm³/mol. The van der Waals surface area contributed by atoms with Gasteiger partial charge in [-0.25, -0.2) is 4.98 Å². The number of amides is 2. The van der Waals surface area contributed by atoms with Crippen LogP contribution in [-0.4, -0.2) is 52.8 Å². The van der Waals surface area contributed by atoms with Crippen molar-refractivity contribution in [2.75, 3.05) is 26.2 Å². The summed E-state index contributed by atoms with van der Waals surface area (Å²) in [6, 6.07) is 0. The molecule has 1 unspecified atom stereocenters. The Morgan fingerprint density at radius 3 is 2.71 bits per heavy atom. The fourth-order valence-electron chi connectivity index (χ4n) is 3.96. The van der Waals surface area contributed by atoms with Crippen LogP contribution in [0, 0.1) is 17.8 Å². The highest BCUT2D eigenvalue weighted by molar-refractivity contribution is 5.94. The van der Waals surface area contributed by atoms with Gasteiger partial charge in [-0.1, -0.05) is 20.8 Å². The Kier molecular flexibility index (Phi) is 4.18. The van der Waals surface area contributed by atoms with Crippen molar-refractivity contribution in [2.45, 2.75) is 47.0 Å². The molecule has 2 aliphatic heterocycles. The van der Waals surface area contributed by atoms with Gasteiger partial charge in [0, 0.05) is 26.2 Å². The first kappa shape index (κ1) is 17.0. The highest BCUT2D eigenvalue weighted by Gasteiger charge is 2.50. The number of hydrogen-bond donors (Lipinski definition) is 0. The standard InChI is InChI=1S/C18H27N3O3/c1-13-14(19-12-24-13)15(22)20-9-7-18(11-20)6-5-8-21(16(18)23)10-17(2,3)4/h12H,5-11H2,1-4H3. The third-order valence-corrected chi connectivity index (χ3v) is 5.08. The number of likely N-dealkylation sites (tertiary alicyclic amines) is 2. The lowest BCUT2D eigenvalue weighted by Crippen LogP contribution is -2.52. The van der Waals surface area contributed by atoms with Crippen LogP contribution in [0.1, 0.15) is 56.3 Å².